The molecule has 1 aliphatic heterocycles. The van der Waals surface area contributed by atoms with Crippen LogP contribution in [-0.2, 0) is 23.1 Å². The largest absolute Gasteiger partial charge is 0.481 e. The van der Waals surface area contributed by atoms with Crippen molar-refractivity contribution in [2.45, 2.75) is 46.0 Å². The minimum absolute atomic E-state index is 0.00901. The fourth-order valence-corrected chi connectivity index (χ4v) is 4.03. The van der Waals surface area contributed by atoms with Gasteiger partial charge in [0.1, 0.15) is 0 Å². The lowest BCUT2D eigenvalue weighted by molar-refractivity contribution is -0.137. The Morgan fingerprint density at radius 1 is 1.33 bits per heavy atom. The molecule has 3 heterocycles. The first-order valence-electron chi connectivity index (χ1n) is 9.32. The van der Waals surface area contributed by atoms with E-state index in [0.29, 0.717) is 30.5 Å². The molecule has 1 saturated heterocycles. The van der Waals surface area contributed by atoms with E-state index in [-0.39, 0.29) is 30.2 Å². The third-order valence-corrected chi connectivity index (χ3v) is 5.54. The maximum Gasteiger partial charge on any atom is 0.303 e. The zero-order valence-corrected chi connectivity index (χ0v) is 16.0. The highest BCUT2D eigenvalue weighted by Crippen LogP contribution is 2.24. The Hall–Kier alpha value is -2.64. The molecule has 0 aliphatic carbocycles. The number of hydrogen-bond acceptors (Lipinski definition) is 4. The van der Waals surface area contributed by atoms with Crippen LogP contribution < -0.4 is 5.56 Å². The van der Waals surface area contributed by atoms with Crippen molar-refractivity contribution in [3.8, 4) is 0 Å². The van der Waals surface area contributed by atoms with Crippen LogP contribution in [0.5, 0.6) is 0 Å². The van der Waals surface area contributed by atoms with Gasteiger partial charge < -0.3 is 10.0 Å². The SMILES string of the molecule is Cc1nc2c(c(C)c1CC(=O)N1CCCC(CCC(=O)O)C1)c(=O)[nH]n2C. The molecule has 27 heavy (non-hydrogen) atoms. The van der Waals surface area contributed by atoms with Gasteiger partial charge in [-0.1, -0.05) is 0 Å². The summed E-state index contributed by atoms with van der Waals surface area (Å²) in [6.07, 6.45) is 2.80. The van der Waals surface area contributed by atoms with Gasteiger partial charge in [0.2, 0.25) is 5.91 Å². The normalized spacial score (nSPS) is 17.4. The number of H-pyrrole nitrogens is 1. The third-order valence-electron chi connectivity index (χ3n) is 5.54. The van der Waals surface area contributed by atoms with Crippen molar-refractivity contribution in [1.29, 1.82) is 0 Å². The minimum Gasteiger partial charge on any atom is -0.481 e. The van der Waals surface area contributed by atoms with E-state index in [0.717, 1.165) is 29.7 Å². The minimum atomic E-state index is -0.794. The molecule has 0 spiro atoms. The van der Waals surface area contributed by atoms with Gasteiger partial charge in [-0.3, -0.25) is 24.2 Å². The van der Waals surface area contributed by atoms with Crippen molar-refractivity contribution < 1.29 is 14.7 Å². The number of hydrogen-bond donors (Lipinski definition) is 2. The molecule has 2 N–H and O–H groups in total. The predicted octanol–water partition coefficient (Wildman–Crippen LogP) is 1.52. The Morgan fingerprint density at radius 2 is 2.07 bits per heavy atom. The summed E-state index contributed by atoms with van der Waals surface area (Å²) in [6.45, 7) is 5.02. The average Bonchev–Trinajstić information content (AvgIpc) is 2.90. The average molecular weight is 374 g/mol. The zero-order chi connectivity index (χ0) is 19.7. The monoisotopic (exact) mass is 374 g/mol. The Morgan fingerprint density at radius 3 is 2.78 bits per heavy atom. The van der Waals surface area contributed by atoms with Crippen LogP contribution in [0, 0.1) is 19.8 Å². The molecule has 2 aromatic rings. The number of piperidine rings is 1. The predicted molar refractivity (Wildman–Crippen MR) is 101 cm³/mol. The van der Waals surface area contributed by atoms with Crippen molar-refractivity contribution >= 4 is 22.9 Å². The van der Waals surface area contributed by atoms with Gasteiger partial charge in [0.05, 0.1) is 11.8 Å². The van der Waals surface area contributed by atoms with Crippen LogP contribution in [0.3, 0.4) is 0 Å². The first-order chi connectivity index (χ1) is 12.8. The summed E-state index contributed by atoms with van der Waals surface area (Å²) in [7, 11) is 1.74. The van der Waals surface area contributed by atoms with Gasteiger partial charge in [-0.25, -0.2) is 4.98 Å². The number of rotatable bonds is 5. The Balaban J connectivity index is 1.78. The standard InChI is InChI=1S/C19H26N4O4/c1-11-14(12(2)20-18-17(11)19(27)21-22(18)3)9-15(24)23-8-4-5-13(10-23)6-7-16(25)26/h13H,4-10H2,1-3H3,(H,21,27)(H,25,26). The topological polar surface area (TPSA) is 108 Å². The van der Waals surface area contributed by atoms with E-state index in [1.807, 2.05) is 18.7 Å². The number of carboxylic acids is 1. The molecule has 1 unspecified atom stereocenters. The molecule has 1 atom stereocenters. The van der Waals surface area contributed by atoms with E-state index in [2.05, 4.69) is 10.1 Å². The van der Waals surface area contributed by atoms with E-state index in [1.165, 1.54) is 0 Å². The number of aromatic amines is 1. The maximum atomic E-state index is 12.9. The molecule has 1 amide bonds. The summed E-state index contributed by atoms with van der Waals surface area (Å²) in [6, 6.07) is 0. The Kier molecular flexibility index (Phi) is 5.34. The lowest BCUT2D eigenvalue weighted by Crippen LogP contribution is -2.41. The summed E-state index contributed by atoms with van der Waals surface area (Å²) in [4.78, 5) is 42.2. The first-order valence-corrected chi connectivity index (χ1v) is 9.32. The highest BCUT2D eigenvalue weighted by molar-refractivity contribution is 5.84. The number of aliphatic carboxylic acids is 1. The fourth-order valence-electron chi connectivity index (χ4n) is 4.03. The summed E-state index contributed by atoms with van der Waals surface area (Å²) in [5, 5.41) is 12.1. The molecule has 8 heteroatoms. The molecule has 0 radical (unpaired) electrons. The van der Waals surface area contributed by atoms with Crippen LogP contribution in [0.2, 0.25) is 0 Å². The fraction of sp³-hybridized carbons (Fsp3) is 0.579. The molecular formula is C19H26N4O4. The van der Waals surface area contributed by atoms with Gasteiger partial charge in [0.15, 0.2) is 5.65 Å². The van der Waals surface area contributed by atoms with E-state index in [4.69, 9.17) is 5.11 Å². The summed E-state index contributed by atoms with van der Waals surface area (Å²) < 4.78 is 1.60. The number of likely N-dealkylation sites (tertiary alicyclic amines) is 1. The van der Waals surface area contributed by atoms with Gasteiger partial charge in [0.25, 0.3) is 5.56 Å². The van der Waals surface area contributed by atoms with Crippen LogP contribution in [0.15, 0.2) is 4.79 Å². The van der Waals surface area contributed by atoms with Crippen LogP contribution in [-0.4, -0.2) is 49.7 Å². The number of carbonyl (C=O) groups excluding carboxylic acids is 1. The summed E-state index contributed by atoms with van der Waals surface area (Å²) in [5.41, 5.74) is 2.75. The second-order valence-corrected chi connectivity index (χ2v) is 7.46. The van der Waals surface area contributed by atoms with Gasteiger partial charge in [-0.2, -0.15) is 0 Å². The second-order valence-electron chi connectivity index (χ2n) is 7.46. The van der Waals surface area contributed by atoms with Crippen molar-refractivity contribution in [1.82, 2.24) is 19.7 Å². The van der Waals surface area contributed by atoms with E-state index in [9.17, 15) is 14.4 Å². The smallest absolute Gasteiger partial charge is 0.303 e. The molecule has 146 valence electrons. The maximum absolute atomic E-state index is 12.9. The molecule has 1 aliphatic rings. The lowest BCUT2D eigenvalue weighted by atomic mass is 9.92. The van der Waals surface area contributed by atoms with Crippen molar-refractivity contribution in [2.75, 3.05) is 13.1 Å². The second kappa shape index (κ2) is 7.54. The van der Waals surface area contributed by atoms with Gasteiger partial charge in [-0.05, 0) is 50.2 Å². The number of aromatic nitrogens is 3. The molecule has 2 aromatic heterocycles. The Bertz CT molecular complexity index is 943. The van der Waals surface area contributed by atoms with Crippen molar-refractivity contribution in [3.63, 3.8) is 0 Å². The number of fused-ring (bicyclic) bond motifs is 1. The molecule has 1 fully saturated rings. The van der Waals surface area contributed by atoms with Crippen LogP contribution in [0.25, 0.3) is 11.0 Å². The zero-order valence-electron chi connectivity index (χ0n) is 16.0. The number of nitrogens with one attached hydrogen (secondary N) is 1. The molecule has 0 aromatic carbocycles. The summed E-state index contributed by atoms with van der Waals surface area (Å²) >= 11 is 0. The highest BCUT2D eigenvalue weighted by atomic mass is 16.4. The number of amides is 1. The molecule has 0 saturated carbocycles. The van der Waals surface area contributed by atoms with Crippen LogP contribution >= 0.6 is 0 Å². The number of aryl methyl sites for hydroxylation is 3. The van der Waals surface area contributed by atoms with Crippen LogP contribution in [0.4, 0.5) is 0 Å². The number of carboxylic acid groups (broad SMARTS) is 1. The molecule has 3 rings (SSSR count). The van der Waals surface area contributed by atoms with E-state index in [1.54, 1.807) is 11.7 Å². The number of nitrogens with zero attached hydrogens (tertiary/aromatic N) is 3. The quantitative estimate of drug-likeness (QED) is 0.825. The molecular weight excluding hydrogens is 348 g/mol. The Labute approximate surface area is 157 Å². The lowest BCUT2D eigenvalue weighted by Gasteiger charge is -2.33. The highest BCUT2D eigenvalue weighted by Gasteiger charge is 2.25. The van der Waals surface area contributed by atoms with Gasteiger partial charge >= 0.3 is 5.97 Å². The molecule has 0 bridgehead atoms. The van der Waals surface area contributed by atoms with Crippen molar-refractivity contribution in [2.24, 2.45) is 13.0 Å². The number of pyridine rings is 1. The van der Waals surface area contributed by atoms with E-state index < -0.39 is 5.97 Å². The van der Waals surface area contributed by atoms with Crippen molar-refractivity contribution in [3.05, 3.63) is 27.2 Å². The van der Waals surface area contributed by atoms with Crippen LogP contribution in [0.1, 0.15) is 42.5 Å². The van der Waals surface area contributed by atoms with Gasteiger partial charge in [0, 0.05) is 32.3 Å². The van der Waals surface area contributed by atoms with E-state index >= 15 is 0 Å². The van der Waals surface area contributed by atoms with Gasteiger partial charge in [-0.15, -0.1) is 0 Å². The third kappa shape index (κ3) is 3.89. The number of carbonyl (C=O) groups is 2. The first kappa shape index (κ1) is 19.1. The summed E-state index contributed by atoms with van der Waals surface area (Å²) in [5.74, 6) is -0.550. The molecule has 8 nitrogen and oxygen atoms in total.